The van der Waals surface area contributed by atoms with E-state index in [1.165, 1.54) is 0 Å². The van der Waals surface area contributed by atoms with Crippen LogP contribution in [0, 0.1) is 17.1 Å². The maximum absolute atomic E-state index is 13.1. The zero-order valence-electron chi connectivity index (χ0n) is 9.60. The Bertz CT molecular complexity index is 510. The first-order chi connectivity index (χ1) is 9.02. The Kier molecular flexibility index (Phi) is 4.21. The molecule has 0 aromatic carbocycles. The van der Waals surface area contributed by atoms with Gasteiger partial charge in [0, 0.05) is 11.8 Å². The number of nitrogens with zero attached hydrogens (tertiary/aromatic N) is 2. The van der Waals surface area contributed by atoms with E-state index in [9.17, 15) is 19.7 Å². The largest absolute Gasteiger partial charge is 0.474 e. The average Bonchev–Trinajstić information content (AvgIpc) is 2.40. The number of pyridine rings is 1. The van der Waals surface area contributed by atoms with Gasteiger partial charge in [-0.25, -0.2) is 9.37 Å². The summed E-state index contributed by atoms with van der Waals surface area (Å²) in [7, 11) is 0. The van der Waals surface area contributed by atoms with Crippen molar-refractivity contribution in [3.05, 3.63) is 23.8 Å². The van der Waals surface area contributed by atoms with Crippen molar-refractivity contribution < 1.29 is 24.4 Å². The van der Waals surface area contributed by atoms with Gasteiger partial charge < -0.3 is 20.1 Å². The lowest BCUT2D eigenvalue weighted by atomic mass is 10.1. The summed E-state index contributed by atoms with van der Waals surface area (Å²) in [5.41, 5.74) is -1.02. The molecule has 2 rings (SSSR count). The second kappa shape index (κ2) is 5.71. The van der Waals surface area contributed by atoms with Crippen LogP contribution in [0.5, 0.6) is 5.75 Å². The molecule has 1 aliphatic rings. The summed E-state index contributed by atoms with van der Waals surface area (Å²) in [6.07, 6.45) is -2.86. The van der Waals surface area contributed by atoms with Gasteiger partial charge >= 0.3 is 0 Å². The summed E-state index contributed by atoms with van der Waals surface area (Å²) < 4.78 is 18.4. The van der Waals surface area contributed by atoms with Crippen LogP contribution in [0.1, 0.15) is 5.69 Å². The van der Waals surface area contributed by atoms with Crippen molar-refractivity contribution in [2.45, 2.75) is 23.7 Å². The molecule has 1 aliphatic heterocycles. The average molecular weight is 286 g/mol. The molecule has 0 amide bonds. The van der Waals surface area contributed by atoms with Crippen LogP contribution in [-0.2, 0) is 0 Å². The van der Waals surface area contributed by atoms with Gasteiger partial charge in [-0.1, -0.05) is 0 Å². The van der Waals surface area contributed by atoms with E-state index >= 15 is 0 Å². The monoisotopic (exact) mass is 286 g/mol. The Morgan fingerprint density at radius 3 is 2.84 bits per heavy atom. The van der Waals surface area contributed by atoms with Gasteiger partial charge in [0.25, 0.3) is 0 Å². The van der Waals surface area contributed by atoms with Gasteiger partial charge in [-0.15, -0.1) is 11.8 Å². The molecule has 8 heteroatoms. The molecule has 102 valence electrons. The van der Waals surface area contributed by atoms with E-state index in [0.717, 1.165) is 24.0 Å². The zero-order chi connectivity index (χ0) is 14.0. The fourth-order valence-electron chi connectivity index (χ4n) is 1.60. The Hall–Kier alpha value is -1.40. The first-order valence-corrected chi connectivity index (χ1v) is 6.46. The second-order valence-electron chi connectivity index (χ2n) is 3.98. The Balaban J connectivity index is 2.17. The number of aliphatic hydroxyl groups excluding tert-OH is 3. The van der Waals surface area contributed by atoms with Gasteiger partial charge in [-0.3, -0.25) is 0 Å². The molecular formula is C11H11FN2O4S. The summed E-state index contributed by atoms with van der Waals surface area (Å²) in [5.74, 6) is -0.624. The molecule has 0 saturated carbocycles. The minimum absolute atomic E-state index is 0.109. The normalized spacial score (nSPS) is 30.7. The fraction of sp³-hybridized carbons (Fsp3) is 0.455. The number of halogens is 1. The van der Waals surface area contributed by atoms with Crippen molar-refractivity contribution in [3.8, 4) is 11.8 Å². The molecule has 0 unspecified atom stereocenters. The van der Waals surface area contributed by atoms with Crippen LogP contribution >= 0.6 is 11.8 Å². The lowest BCUT2D eigenvalue weighted by molar-refractivity contribution is -0.0787. The number of aromatic nitrogens is 1. The second-order valence-corrected chi connectivity index (χ2v) is 5.11. The van der Waals surface area contributed by atoms with Crippen molar-refractivity contribution in [1.29, 1.82) is 5.26 Å². The molecule has 0 radical (unpaired) electrons. The Labute approximate surface area is 112 Å². The Morgan fingerprint density at radius 1 is 1.42 bits per heavy atom. The van der Waals surface area contributed by atoms with Crippen molar-refractivity contribution in [3.63, 3.8) is 0 Å². The van der Waals surface area contributed by atoms with Gasteiger partial charge in [0.05, 0.1) is 12.3 Å². The van der Waals surface area contributed by atoms with E-state index in [0.29, 0.717) is 0 Å². The molecule has 3 N–H and O–H groups in total. The molecule has 1 saturated heterocycles. The molecule has 1 aromatic heterocycles. The molecule has 6 nitrogen and oxygen atoms in total. The fourth-order valence-corrected chi connectivity index (χ4v) is 2.72. The maximum atomic E-state index is 13.1. The van der Waals surface area contributed by atoms with E-state index in [1.807, 2.05) is 0 Å². The van der Waals surface area contributed by atoms with Crippen LogP contribution in [0.25, 0.3) is 0 Å². The van der Waals surface area contributed by atoms with Gasteiger partial charge in [0.1, 0.15) is 24.1 Å². The van der Waals surface area contributed by atoms with E-state index in [2.05, 4.69) is 4.98 Å². The van der Waals surface area contributed by atoms with E-state index < -0.39 is 29.6 Å². The van der Waals surface area contributed by atoms with E-state index in [1.54, 1.807) is 6.07 Å². The number of hydrogen-bond acceptors (Lipinski definition) is 7. The third kappa shape index (κ3) is 2.96. The maximum Gasteiger partial charge on any atom is 0.182 e. The predicted molar refractivity (Wildman–Crippen MR) is 63.8 cm³/mol. The van der Waals surface area contributed by atoms with Gasteiger partial charge in [0.15, 0.2) is 16.9 Å². The number of rotatable bonds is 2. The third-order valence-corrected chi connectivity index (χ3v) is 3.86. The third-order valence-electron chi connectivity index (χ3n) is 2.62. The summed E-state index contributed by atoms with van der Waals surface area (Å²) in [6.45, 7) is 0. The molecule has 0 aliphatic carbocycles. The van der Waals surface area contributed by atoms with Gasteiger partial charge in [-0.2, -0.15) is 5.26 Å². The molecule has 1 fully saturated rings. The number of nitriles is 1. The van der Waals surface area contributed by atoms with E-state index in [4.69, 9.17) is 10.00 Å². The van der Waals surface area contributed by atoms with Crippen LogP contribution in [0.3, 0.4) is 0 Å². The smallest absolute Gasteiger partial charge is 0.182 e. The highest BCUT2D eigenvalue weighted by molar-refractivity contribution is 7.99. The van der Waals surface area contributed by atoms with Gasteiger partial charge in [-0.05, 0) is 0 Å². The number of ether oxygens (including phenoxy) is 1. The van der Waals surface area contributed by atoms with Crippen LogP contribution < -0.4 is 4.74 Å². The van der Waals surface area contributed by atoms with Crippen molar-refractivity contribution in [2.24, 2.45) is 0 Å². The first kappa shape index (κ1) is 14.0. The highest BCUT2D eigenvalue weighted by atomic mass is 32.2. The zero-order valence-corrected chi connectivity index (χ0v) is 10.4. The first-order valence-electron chi connectivity index (χ1n) is 5.41. The van der Waals surface area contributed by atoms with Crippen LogP contribution in [-0.4, -0.2) is 49.8 Å². The Morgan fingerprint density at radius 2 is 2.16 bits per heavy atom. The quantitative estimate of drug-likeness (QED) is 0.680. The standard InChI is InChI=1S/C11H11FN2O4S/c12-5-1-8(6(2-13)14-3-5)18-11-10(17)9(16)7(15)4-19-11/h1,3,7,9-11,15-17H,4H2/t7-,9+,10-,11-/m1/s1. The molecular weight excluding hydrogens is 275 g/mol. The van der Waals surface area contributed by atoms with Crippen molar-refractivity contribution in [2.75, 3.05) is 5.75 Å². The summed E-state index contributed by atoms with van der Waals surface area (Å²) in [6, 6.07) is 2.72. The van der Waals surface area contributed by atoms with Crippen molar-refractivity contribution >= 4 is 11.8 Å². The summed E-state index contributed by atoms with van der Waals surface area (Å²) in [4.78, 5) is 3.56. The highest BCUT2D eigenvalue weighted by Crippen LogP contribution is 2.30. The lowest BCUT2D eigenvalue weighted by Crippen LogP contribution is -2.50. The highest BCUT2D eigenvalue weighted by Gasteiger charge is 2.38. The minimum Gasteiger partial charge on any atom is -0.474 e. The molecule has 2 heterocycles. The number of aliphatic hydroxyl groups is 3. The molecule has 1 aromatic rings. The van der Waals surface area contributed by atoms with Crippen LogP contribution in [0.15, 0.2) is 12.3 Å². The number of hydrogen-bond donors (Lipinski definition) is 3. The molecule has 0 spiro atoms. The minimum atomic E-state index is -1.35. The summed E-state index contributed by atoms with van der Waals surface area (Å²) >= 11 is 1.06. The molecule has 0 bridgehead atoms. The van der Waals surface area contributed by atoms with E-state index in [-0.39, 0.29) is 17.2 Å². The predicted octanol–water partition coefficient (Wildman–Crippen LogP) is -0.373. The summed E-state index contributed by atoms with van der Waals surface area (Å²) in [5, 5.41) is 37.5. The van der Waals surface area contributed by atoms with Crippen LogP contribution in [0.4, 0.5) is 4.39 Å². The molecule has 4 atom stereocenters. The van der Waals surface area contributed by atoms with Gasteiger partial charge in [0.2, 0.25) is 0 Å². The SMILES string of the molecule is N#Cc1ncc(F)cc1O[C@@H]1SC[C@@H](O)[C@H](O)[C@H]1O. The number of thioether (sulfide) groups is 1. The van der Waals surface area contributed by atoms with Crippen molar-refractivity contribution in [1.82, 2.24) is 4.98 Å². The topological polar surface area (TPSA) is 107 Å². The lowest BCUT2D eigenvalue weighted by Gasteiger charge is -2.34. The molecule has 19 heavy (non-hydrogen) atoms. The van der Waals surface area contributed by atoms with Crippen LogP contribution in [0.2, 0.25) is 0 Å².